The second-order valence-electron chi connectivity index (χ2n) is 9.38. The molecule has 4 N–H and O–H groups in total. The fourth-order valence-electron chi connectivity index (χ4n) is 4.67. The van der Waals surface area contributed by atoms with Crippen LogP contribution in [-0.4, -0.2) is 96.4 Å². The summed E-state index contributed by atoms with van der Waals surface area (Å²) >= 11 is 0. The summed E-state index contributed by atoms with van der Waals surface area (Å²) in [6.45, 7) is 1.52. The molecule has 5 rings (SSSR count). The van der Waals surface area contributed by atoms with Gasteiger partial charge in [0.2, 0.25) is 5.91 Å². The van der Waals surface area contributed by atoms with E-state index >= 15 is 0 Å². The summed E-state index contributed by atoms with van der Waals surface area (Å²) < 4.78 is 5.49. The Hall–Kier alpha value is -4.29. The number of hydrogen-bond acceptors (Lipinski definition) is 8. The van der Waals surface area contributed by atoms with E-state index in [1.54, 1.807) is 54.4 Å². The smallest absolute Gasteiger partial charge is 0.259 e. The number of morpholine rings is 1. The second kappa shape index (κ2) is 10.2. The molecule has 38 heavy (non-hydrogen) atoms. The van der Waals surface area contributed by atoms with Crippen LogP contribution in [0.3, 0.4) is 0 Å². The van der Waals surface area contributed by atoms with Crippen LogP contribution in [0.5, 0.6) is 0 Å². The van der Waals surface area contributed by atoms with E-state index in [0.717, 1.165) is 11.1 Å². The zero-order chi connectivity index (χ0) is 27.0. The lowest BCUT2D eigenvalue weighted by atomic mass is 10.1. The zero-order valence-electron chi connectivity index (χ0n) is 20.8. The van der Waals surface area contributed by atoms with Crippen LogP contribution in [0.1, 0.15) is 21.5 Å². The fraction of sp³-hybridized carbons (Fsp3) is 0.346. The number of nitrogens with two attached hydrogens (primary N) is 1. The van der Waals surface area contributed by atoms with Gasteiger partial charge in [-0.05, 0) is 42.0 Å². The number of amidine groups is 1. The number of aliphatic hydroxyl groups is 1. The molecule has 12 nitrogen and oxygen atoms in total. The van der Waals surface area contributed by atoms with Crippen LogP contribution in [0.25, 0.3) is 0 Å². The van der Waals surface area contributed by atoms with E-state index in [1.165, 1.54) is 9.80 Å². The van der Waals surface area contributed by atoms with Crippen LogP contribution in [0.15, 0.2) is 47.5 Å². The number of amides is 4. The highest BCUT2D eigenvalue weighted by Crippen LogP contribution is 2.24. The lowest BCUT2D eigenvalue weighted by Crippen LogP contribution is -2.55. The van der Waals surface area contributed by atoms with Crippen molar-refractivity contribution in [2.24, 2.45) is 10.7 Å². The van der Waals surface area contributed by atoms with Crippen LogP contribution < -0.4 is 16.0 Å². The van der Waals surface area contributed by atoms with Gasteiger partial charge >= 0.3 is 0 Å². The minimum atomic E-state index is -1.76. The third-order valence-electron chi connectivity index (χ3n) is 6.89. The SMILES string of the molecule is CN1CCN(C(=O)c2cccc(N3CCO[C@H]([C@@H](O)C(=O)Nc4ccc5c(c4)CN=C5N)C3=O)c2)CC1=O. The first-order chi connectivity index (χ1) is 18.2. The van der Waals surface area contributed by atoms with Crippen molar-refractivity contribution in [3.8, 4) is 0 Å². The predicted octanol–water partition coefficient (Wildman–Crippen LogP) is -0.449. The molecule has 3 heterocycles. The molecule has 0 aromatic heterocycles. The first-order valence-corrected chi connectivity index (χ1v) is 12.2. The summed E-state index contributed by atoms with van der Waals surface area (Å²) in [6, 6.07) is 11.6. The van der Waals surface area contributed by atoms with E-state index in [1.807, 2.05) is 0 Å². The van der Waals surface area contributed by atoms with Crippen molar-refractivity contribution in [1.82, 2.24) is 9.80 Å². The molecule has 0 spiro atoms. The third-order valence-corrected chi connectivity index (χ3v) is 6.89. The Morgan fingerprint density at radius 1 is 1.16 bits per heavy atom. The minimum Gasteiger partial charge on any atom is -0.383 e. The number of rotatable bonds is 5. The number of piperazine rings is 1. The average molecular weight is 521 g/mol. The molecule has 12 heteroatoms. The Balaban J connectivity index is 1.27. The van der Waals surface area contributed by atoms with Gasteiger partial charge in [0.1, 0.15) is 12.4 Å². The van der Waals surface area contributed by atoms with E-state index in [9.17, 15) is 24.3 Å². The summed E-state index contributed by atoms with van der Waals surface area (Å²) in [7, 11) is 1.69. The van der Waals surface area contributed by atoms with Crippen LogP contribution in [0.2, 0.25) is 0 Å². The Labute approximate surface area is 218 Å². The van der Waals surface area contributed by atoms with E-state index in [-0.39, 0.29) is 31.5 Å². The monoisotopic (exact) mass is 520 g/mol. The van der Waals surface area contributed by atoms with Crippen molar-refractivity contribution < 1.29 is 29.0 Å². The first-order valence-electron chi connectivity index (χ1n) is 12.2. The quantitative estimate of drug-likeness (QED) is 0.482. The summed E-state index contributed by atoms with van der Waals surface area (Å²) in [5.41, 5.74) is 8.66. The van der Waals surface area contributed by atoms with Crippen molar-refractivity contribution in [1.29, 1.82) is 0 Å². The predicted molar refractivity (Wildman–Crippen MR) is 138 cm³/mol. The average Bonchev–Trinajstić information content (AvgIpc) is 3.29. The third kappa shape index (κ3) is 4.83. The number of benzene rings is 2. The number of aliphatic hydroxyl groups excluding tert-OH is 1. The van der Waals surface area contributed by atoms with Gasteiger partial charge in [-0.3, -0.25) is 24.2 Å². The molecule has 0 radical (unpaired) electrons. The molecule has 0 unspecified atom stereocenters. The van der Waals surface area contributed by atoms with E-state index in [0.29, 0.717) is 42.4 Å². The topological polar surface area (TPSA) is 158 Å². The van der Waals surface area contributed by atoms with Crippen molar-refractivity contribution in [2.45, 2.75) is 18.8 Å². The molecule has 2 atom stereocenters. The van der Waals surface area contributed by atoms with Crippen LogP contribution in [-0.2, 0) is 25.7 Å². The van der Waals surface area contributed by atoms with Gasteiger partial charge in [0.15, 0.2) is 12.2 Å². The minimum absolute atomic E-state index is 0.00987. The van der Waals surface area contributed by atoms with Crippen molar-refractivity contribution >= 4 is 40.8 Å². The molecule has 2 saturated heterocycles. The van der Waals surface area contributed by atoms with E-state index in [2.05, 4.69) is 10.3 Å². The molecule has 2 aromatic rings. The largest absolute Gasteiger partial charge is 0.383 e. The van der Waals surface area contributed by atoms with Gasteiger partial charge in [-0.2, -0.15) is 0 Å². The molecular weight excluding hydrogens is 492 g/mol. The van der Waals surface area contributed by atoms with Gasteiger partial charge in [0, 0.05) is 49.2 Å². The molecule has 4 amide bonds. The Morgan fingerprint density at radius 3 is 2.76 bits per heavy atom. The van der Waals surface area contributed by atoms with Gasteiger partial charge in [-0.1, -0.05) is 6.07 Å². The highest BCUT2D eigenvalue weighted by molar-refractivity contribution is 6.05. The van der Waals surface area contributed by atoms with Gasteiger partial charge in [-0.25, -0.2) is 0 Å². The standard InChI is InChI=1S/C26H28N6O6/c1-30-7-8-31(14-20(30)33)25(36)15-3-2-4-18(12-15)32-9-10-38-22(26(32)37)21(34)24(35)29-17-5-6-19-16(11-17)13-28-23(19)27/h2-6,11-12,21-22,34H,7-10,13-14H2,1H3,(H2,27,28)(H,29,35)/t21-,22-/m1/s1. The number of fused-ring (bicyclic) bond motifs is 1. The maximum atomic E-state index is 13.3. The highest BCUT2D eigenvalue weighted by atomic mass is 16.5. The molecular formula is C26H28N6O6. The second-order valence-corrected chi connectivity index (χ2v) is 9.38. The molecule has 2 aromatic carbocycles. The number of aliphatic imine (C=N–C) groups is 1. The highest BCUT2D eigenvalue weighted by Gasteiger charge is 2.39. The Morgan fingerprint density at radius 2 is 1.97 bits per heavy atom. The number of nitrogens with zero attached hydrogens (tertiary/aromatic N) is 4. The maximum Gasteiger partial charge on any atom is 0.259 e. The van der Waals surface area contributed by atoms with E-state index in [4.69, 9.17) is 10.5 Å². The number of nitrogens with one attached hydrogen (secondary N) is 1. The molecule has 2 fully saturated rings. The number of carbonyl (C=O) groups is 4. The van der Waals surface area contributed by atoms with Gasteiger partial charge < -0.3 is 35.6 Å². The Bertz CT molecular complexity index is 1340. The Kier molecular flexibility index (Phi) is 6.83. The van der Waals surface area contributed by atoms with Crippen LogP contribution in [0.4, 0.5) is 11.4 Å². The van der Waals surface area contributed by atoms with Crippen LogP contribution >= 0.6 is 0 Å². The summed E-state index contributed by atoms with van der Waals surface area (Å²) in [4.78, 5) is 59.7. The van der Waals surface area contributed by atoms with Gasteiger partial charge in [-0.15, -0.1) is 0 Å². The zero-order valence-corrected chi connectivity index (χ0v) is 20.8. The fourth-order valence-corrected chi connectivity index (χ4v) is 4.67. The van der Waals surface area contributed by atoms with E-state index < -0.39 is 24.0 Å². The summed E-state index contributed by atoms with van der Waals surface area (Å²) in [5.74, 6) is -1.42. The van der Waals surface area contributed by atoms with Crippen molar-refractivity contribution in [3.05, 3.63) is 59.2 Å². The van der Waals surface area contributed by atoms with Crippen molar-refractivity contribution in [3.63, 3.8) is 0 Å². The molecule has 3 aliphatic heterocycles. The lowest BCUT2D eigenvalue weighted by molar-refractivity contribution is -0.150. The summed E-state index contributed by atoms with van der Waals surface area (Å²) in [5, 5.41) is 13.3. The first kappa shape index (κ1) is 25.4. The molecule has 0 saturated carbocycles. The number of likely N-dealkylation sites (N-methyl/N-ethyl adjacent to an activating group) is 1. The molecule has 0 bridgehead atoms. The van der Waals surface area contributed by atoms with Gasteiger partial charge in [0.25, 0.3) is 17.7 Å². The number of anilines is 2. The van der Waals surface area contributed by atoms with Gasteiger partial charge in [0.05, 0.1) is 13.2 Å². The molecule has 198 valence electrons. The molecule has 0 aliphatic carbocycles. The lowest BCUT2D eigenvalue weighted by Gasteiger charge is -2.34. The number of carbonyl (C=O) groups excluding carboxylic acids is 4. The van der Waals surface area contributed by atoms with Crippen LogP contribution in [0, 0.1) is 0 Å². The maximum absolute atomic E-state index is 13.3. The summed E-state index contributed by atoms with van der Waals surface area (Å²) in [6.07, 6.45) is -3.19. The number of hydrogen-bond donors (Lipinski definition) is 3. The molecule has 3 aliphatic rings. The number of ether oxygens (including phenoxy) is 1. The normalized spacial score (nSPS) is 20.2. The van der Waals surface area contributed by atoms with Crippen molar-refractivity contribution in [2.75, 3.05) is 50.1 Å².